The maximum Gasteiger partial charge on any atom is 0.416 e. The number of carbonyl (C=O) groups is 3. The third-order valence-corrected chi connectivity index (χ3v) is 7.66. The number of rotatable bonds is 7. The molecule has 5 amide bonds. The number of anilines is 3. The van der Waals surface area contributed by atoms with Crippen LogP contribution in [0.25, 0.3) is 0 Å². The third kappa shape index (κ3) is 8.87. The van der Waals surface area contributed by atoms with Crippen molar-refractivity contribution in [2.45, 2.75) is 38.3 Å². The van der Waals surface area contributed by atoms with Gasteiger partial charge >= 0.3 is 24.4 Å². The van der Waals surface area contributed by atoms with Crippen LogP contribution in [0, 0.1) is 5.92 Å². The number of alkyl halides is 6. The average Bonchev–Trinajstić information content (AvgIpc) is 3.02. The molecule has 16 heteroatoms. The molecule has 0 unspecified atom stereocenters. The number of likely N-dealkylation sites (N-methyl/N-ethyl adjacent to an activating group) is 1. The molecular weight excluding hydrogens is 648 g/mol. The predicted molar refractivity (Wildman–Crippen MR) is 165 cm³/mol. The topological polar surface area (TPSA) is 123 Å². The minimum absolute atomic E-state index is 0.00184. The highest BCUT2D eigenvalue weighted by atomic mass is 19.4. The van der Waals surface area contributed by atoms with E-state index < -0.39 is 53.6 Å². The molecule has 3 aromatic rings. The van der Waals surface area contributed by atoms with Crippen LogP contribution in [0.4, 0.5) is 53.0 Å². The fourth-order valence-corrected chi connectivity index (χ4v) is 4.87. The number of amides is 5. The SMILES string of the molecule is C[C@@H]1CN([C@@H](C)CO)C(=O)c2cc(NC(=O)Nc3ccc(C(F)(F)F)cc3)ccc2O[C@H]1CN(C)C(=O)Nc1ccc(C(F)(F)F)cc1. The number of aliphatic hydroxyl groups is 1. The summed E-state index contributed by atoms with van der Waals surface area (Å²) >= 11 is 0. The summed E-state index contributed by atoms with van der Waals surface area (Å²) in [5, 5.41) is 17.4. The molecule has 3 atom stereocenters. The van der Waals surface area contributed by atoms with Gasteiger partial charge in [-0.05, 0) is 73.7 Å². The molecule has 4 rings (SSSR count). The van der Waals surface area contributed by atoms with Crippen LogP contribution in [0.5, 0.6) is 5.75 Å². The fraction of sp³-hybridized carbons (Fsp3) is 0.344. The number of carbonyl (C=O) groups excluding carboxylic acids is 3. The Kier molecular flexibility index (Phi) is 10.8. The maximum atomic E-state index is 13.7. The minimum atomic E-state index is -4.54. The van der Waals surface area contributed by atoms with Crippen molar-refractivity contribution in [2.24, 2.45) is 5.92 Å². The number of hydrogen-bond acceptors (Lipinski definition) is 5. The number of nitrogens with one attached hydrogen (secondary N) is 3. The van der Waals surface area contributed by atoms with Crippen LogP contribution < -0.4 is 20.7 Å². The summed E-state index contributed by atoms with van der Waals surface area (Å²) in [6, 6.07) is 10.0. The van der Waals surface area contributed by atoms with E-state index >= 15 is 0 Å². The number of halogens is 6. The first kappa shape index (κ1) is 35.9. The molecule has 0 saturated heterocycles. The van der Waals surface area contributed by atoms with Gasteiger partial charge < -0.3 is 35.6 Å². The molecule has 0 fully saturated rings. The molecule has 4 N–H and O–H groups in total. The molecule has 48 heavy (non-hydrogen) atoms. The highest BCUT2D eigenvalue weighted by molar-refractivity contribution is 6.02. The van der Waals surface area contributed by atoms with Gasteiger partial charge in [0.15, 0.2) is 0 Å². The monoisotopic (exact) mass is 681 g/mol. The van der Waals surface area contributed by atoms with Gasteiger partial charge in [0.05, 0.1) is 35.9 Å². The summed E-state index contributed by atoms with van der Waals surface area (Å²) in [6.45, 7) is 3.19. The number of fused-ring (bicyclic) bond motifs is 1. The minimum Gasteiger partial charge on any atom is -0.487 e. The van der Waals surface area contributed by atoms with E-state index in [-0.39, 0.29) is 54.0 Å². The molecule has 1 aliphatic heterocycles. The fourth-order valence-electron chi connectivity index (χ4n) is 4.87. The Labute approximate surface area is 271 Å². The van der Waals surface area contributed by atoms with E-state index in [1.54, 1.807) is 13.8 Å². The lowest BCUT2D eigenvalue weighted by Gasteiger charge is -2.38. The van der Waals surface area contributed by atoms with Gasteiger partial charge in [0.2, 0.25) is 0 Å². The van der Waals surface area contributed by atoms with Gasteiger partial charge in [-0.25, -0.2) is 9.59 Å². The molecule has 3 aromatic carbocycles. The Morgan fingerprint density at radius 1 is 0.896 bits per heavy atom. The van der Waals surface area contributed by atoms with Gasteiger partial charge in [-0.1, -0.05) is 6.92 Å². The second-order valence-corrected chi connectivity index (χ2v) is 11.4. The smallest absolute Gasteiger partial charge is 0.416 e. The van der Waals surface area contributed by atoms with Crippen LogP contribution in [-0.2, 0) is 12.4 Å². The first-order valence-corrected chi connectivity index (χ1v) is 14.6. The van der Waals surface area contributed by atoms with E-state index in [9.17, 15) is 45.8 Å². The van der Waals surface area contributed by atoms with Crippen molar-refractivity contribution in [1.82, 2.24) is 9.80 Å². The summed E-state index contributed by atoms with van der Waals surface area (Å²) in [6.07, 6.45) is -9.76. The van der Waals surface area contributed by atoms with E-state index in [2.05, 4.69) is 16.0 Å². The zero-order valence-corrected chi connectivity index (χ0v) is 25.9. The number of urea groups is 2. The molecule has 0 radical (unpaired) electrons. The van der Waals surface area contributed by atoms with Crippen molar-refractivity contribution < 1.29 is 50.6 Å². The predicted octanol–water partition coefficient (Wildman–Crippen LogP) is 6.75. The van der Waals surface area contributed by atoms with Crippen LogP contribution in [-0.4, -0.2) is 71.8 Å². The van der Waals surface area contributed by atoms with E-state index in [1.807, 2.05) is 0 Å². The Hall–Kier alpha value is -4.99. The number of ether oxygens (including phenoxy) is 1. The quantitative estimate of drug-likeness (QED) is 0.206. The van der Waals surface area contributed by atoms with Crippen LogP contribution in [0.1, 0.15) is 35.3 Å². The second-order valence-electron chi connectivity index (χ2n) is 11.4. The molecular formula is C32H33F6N5O5. The van der Waals surface area contributed by atoms with Crippen LogP contribution in [0.3, 0.4) is 0 Å². The van der Waals surface area contributed by atoms with Gasteiger partial charge in [-0.2, -0.15) is 26.3 Å². The zero-order valence-electron chi connectivity index (χ0n) is 25.9. The first-order valence-electron chi connectivity index (χ1n) is 14.6. The lowest BCUT2D eigenvalue weighted by molar-refractivity contribution is -0.138. The van der Waals surface area contributed by atoms with E-state index in [0.29, 0.717) is 0 Å². The van der Waals surface area contributed by atoms with Crippen LogP contribution in [0.15, 0.2) is 66.7 Å². The standard InChI is InChI=1S/C32H33F6N5O5/c1-18-15-43(19(2)17-44)28(45)25-14-24(40-29(46)39-22-8-4-20(5-9-22)31(33,34)35)12-13-26(25)48-27(18)16-42(3)30(47)41-23-10-6-21(7-11-23)32(36,37)38/h4-14,18-19,27,44H,15-17H2,1-3H3,(H,41,47)(H2,39,40,46)/t18-,19+,27+/m1/s1. The largest absolute Gasteiger partial charge is 0.487 e. The summed E-state index contributed by atoms with van der Waals surface area (Å²) in [7, 11) is 1.47. The highest BCUT2D eigenvalue weighted by Gasteiger charge is 2.35. The van der Waals surface area contributed by atoms with Gasteiger partial charge in [-0.3, -0.25) is 4.79 Å². The molecule has 1 heterocycles. The average molecular weight is 682 g/mol. The number of nitrogens with zero attached hydrogens (tertiary/aromatic N) is 2. The summed E-state index contributed by atoms with van der Waals surface area (Å²) in [4.78, 5) is 41.9. The van der Waals surface area contributed by atoms with Crippen molar-refractivity contribution in [3.63, 3.8) is 0 Å². The van der Waals surface area contributed by atoms with E-state index in [0.717, 1.165) is 48.5 Å². The molecule has 258 valence electrons. The van der Waals surface area contributed by atoms with Crippen molar-refractivity contribution in [3.05, 3.63) is 83.4 Å². The summed E-state index contributed by atoms with van der Waals surface area (Å²) in [5.74, 6) is -0.751. The lowest BCUT2D eigenvalue weighted by Crippen LogP contribution is -2.50. The third-order valence-electron chi connectivity index (χ3n) is 7.66. The highest BCUT2D eigenvalue weighted by Crippen LogP contribution is 2.33. The molecule has 1 aliphatic rings. The molecule has 0 aliphatic carbocycles. The Morgan fingerprint density at radius 2 is 1.40 bits per heavy atom. The molecule has 0 spiro atoms. The van der Waals surface area contributed by atoms with Crippen LogP contribution >= 0.6 is 0 Å². The zero-order chi connectivity index (χ0) is 35.4. The van der Waals surface area contributed by atoms with Gasteiger partial charge in [0, 0.05) is 36.6 Å². The second kappa shape index (κ2) is 14.4. The molecule has 0 saturated carbocycles. The Bertz CT molecular complexity index is 1620. The molecule has 0 bridgehead atoms. The van der Waals surface area contributed by atoms with Crippen molar-refractivity contribution in [2.75, 3.05) is 42.7 Å². The van der Waals surface area contributed by atoms with Crippen molar-refractivity contribution in [3.8, 4) is 5.75 Å². The Balaban J connectivity index is 1.51. The van der Waals surface area contributed by atoms with Crippen molar-refractivity contribution >= 4 is 35.0 Å². The number of aliphatic hydroxyl groups excluding tert-OH is 1. The van der Waals surface area contributed by atoms with Crippen molar-refractivity contribution in [1.29, 1.82) is 0 Å². The van der Waals surface area contributed by atoms with E-state index in [1.165, 1.54) is 35.0 Å². The maximum absolute atomic E-state index is 13.7. The van der Waals surface area contributed by atoms with Crippen LogP contribution in [0.2, 0.25) is 0 Å². The normalized spacial score (nSPS) is 17.3. The van der Waals surface area contributed by atoms with Gasteiger partial charge in [-0.15, -0.1) is 0 Å². The van der Waals surface area contributed by atoms with Gasteiger partial charge in [0.25, 0.3) is 5.91 Å². The van der Waals surface area contributed by atoms with Gasteiger partial charge in [0.1, 0.15) is 11.9 Å². The van der Waals surface area contributed by atoms with E-state index in [4.69, 9.17) is 4.74 Å². The molecule has 0 aromatic heterocycles. The number of hydrogen-bond donors (Lipinski definition) is 4. The Morgan fingerprint density at radius 3 is 1.92 bits per heavy atom. The summed E-state index contributed by atoms with van der Waals surface area (Å²) < 4.78 is 83.5. The lowest BCUT2D eigenvalue weighted by atomic mass is 9.99. The first-order chi connectivity index (χ1) is 22.5. The summed E-state index contributed by atoms with van der Waals surface area (Å²) in [5.41, 5.74) is -1.31. The molecule has 10 nitrogen and oxygen atoms in total. The number of benzene rings is 3.